The second-order valence-corrected chi connectivity index (χ2v) is 6.98. The zero-order valence-electron chi connectivity index (χ0n) is 13.7. The molecule has 0 bridgehead atoms. The van der Waals surface area contributed by atoms with Gasteiger partial charge in [-0.3, -0.25) is 4.79 Å². The van der Waals surface area contributed by atoms with Gasteiger partial charge < -0.3 is 5.32 Å². The lowest BCUT2D eigenvalue weighted by atomic mass is 9.90. The first-order valence-corrected chi connectivity index (χ1v) is 9.14. The molecule has 1 aliphatic carbocycles. The van der Waals surface area contributed by atoms with E-state index < -0.39 is 0 Å². The number of hydrogen-bond acceptors (Lipinski definition) is 5. The lowest BCUT2D eigenvalue weighted by Crippen LogP contribution is -2.27. The number of benzene rings is 2. The Kier molecular flexibility index (Phi) is 4.43. The highest BCUT2D eigenvalue weighted by Crippen LogP contribution is 2.25. The summed E-state index contributed by atoms with van der Waals surface area (Å²) in [5, 5.41) is 8.15. The number of hydrogen-bond donors (Lipinski definition) is 2. The fourth-order valence-electron chi connectivity index (χ4n) is 2.99. The van der Waals surface area contributed by atoms with Crippen LogP contribution in [0.25, 0.3) is 10.2 Å². The van der Waals surface area contributed by atoms with E-state index in [1.807, 2.05) is 36.4 Å². The molecule has 1 aliphatic rings. The summed E-state index contributed by atoms with van der Waals surface area (Å²) in [6.45, 7) is 0.151. The van der Waals surface area contributed by atoms with Crippen LogP contribution in [0.2, 0.25) is 0 Å². The Morgan fingerprint density at radius 3 is 2.88 bits per heavy atom. The SMILES string of the molecule is O=C(CNc1nc2ccccc2s1)NN=C1CCCc2ccccc21. The van der Waals surface area contributed by atoms with Crippen molar-refractivity contribution in [1.82, 2.24) is 10.4 Å². The summed E-state index contributed by atoms with van der Waals surface area (Å²) in [4.78, 5) is 16.5. The minimum atomic E-state index is -0.171. The number of anilines is 1. The monoisotopic (exact) mass is 350 g/mol. The molecule has 0 unspecified atom stereocenters. The third-order valence-electron chi connectivity index (χ3n) is 4.20. The summed E-state index contributed by atoms with van der Waals surface area (Å²) in [6, 6.07) is 16.2. The van der Waals surface area contributed by atoms with Crippen molar-refractivity contribution < 1.29 is 4.79 Å². The van der Waals surface area contributed by atoms with Crippen LogP contribution in [0.4, 0.5) is 5.13 Å². The molecule has 4 rings (SSSR count). The molecule has 1 aromatic heterocycles. The van der Waals surface area contributed by atoms with E-state index in [2.05, 4.69) is 33.0 Å². The molecule has 0 radical (unpaired) electrons. The number of rotatable bonds is 4. The fourth-order valence-corrected chi connectivity index (χ4v) is 3.85. The Balaban J connectivity index is 1.38. The Morgan fingerprint density at radius 2 is 1.96 bits per heavy atom. The average molecular weight is 350 g/mol. The number of carbonyl (C=O) groups is 1. The van der Waals surface area contributed by atoms with Gasteiger partial charge in [-0.25, -0.2) is 10.4 Å². The van der Waals surface area contributed by atoms with Crippen LogP contribution in [0.5, 0.6) is 0 Å². The van der Waals surface area contributed by atoms with Crippen LogP contribution in [-0.2, 0) is 11.2 Å². The van der Waals surface area contributed by atoms with Crippen molar-refractivity contribution in [3.8, 4) is 0 Å². The van der Waals surface area contributed by atoms with Crippen LogP contribution in [0.3, 0.4) is 0 Å². The number of para-hydroxylation sites is 1. The predicted molar refractivity (Wildman–Crippen MR) is 102 cm³/mol. The number of fused-ring (bicyclic) bond motifs is 2. The highest BCUT2D eigenvalue weighted by molar-refractivity contribution is 7.22. The Hall–Kier alpha value is -2.73. The molecule has 0 spiro atoms. The number of thiazole rings is 1. The van der Waals surface area contributed by atoms with Gasteiger partial charge >= 0.3 is 0 Å². The second kappa shape index (κ2) is 7.03. The lowest BCUT2D eigenvalue weighted by molar-refractivity contribution is -0.119. The number of carbonyl (C=O) groups excluding carboxylic acids is 1. The van der Waals surface area contributed by atoms with Crippen molar-refractivity contribution in [2.45, 2.75) is 19.3 Å². The van der Waals surface area contributed by atoms with Crippen molar-refractivity contribution in [2.24, 2.45) is 5.10 Å². The molecular formula is C19H18N4OS. The van der Waals surface area contributed by atoms with E-state index >= 15 is 0 Å². The van der Waals surface area contributed by atoms with E-state index in [-0.39, 0.29) is 12.5 Å². The largest absolute Gasteiger partial charge is 0.352 e. The van der Waals surface area contributed by atoms with E-state index in [1.54, 1.807) is 0 Å². The quantitative estimate of drug-likeness (QED) is 0.707. The number of amides is 1. The van der Waals surface area contributed by atoms with Crippen LogP contribution in [0.1, 0.15) is 24.0 Å². The first-order chi connectivity index (χ1) is 12.3. The van der Waals surface area contributed by atoms with Gasteiger partial charge in [-0.2, -0.15) is 5.10 Å². The van der Waals surface area contributed by atoms with Crippen LogP contribution < -0.4 is 10.7 Å². The van der Waals surface area contributed by atoms with Gasteiger partial charge in [-0.1, -0.05) is 47.7 Å². The Labute approximate surface area is 149 Å². The van der Waals surface area contributed by atoms with Crippen molar-refractivity contribution in [3.05, 3.63) is 59.7 Å². The maximum atomic E-state index is 12.1. The molecule has 126 valence electrons. The van der Waals surface area contributed by atoms with Crippen LogP contribution in [0, 0.1) is 0 Å². The molecule has 3 aromatic rings. The van der Waals surface area contributed by atoms with Gasteiger partial charge in [0, 0.05) is 5.56 Å². The maximum absolute atomic E-state index is 12.1. The van der Waals surface area contributed by atoms with E-state index in [0.29, 0.717) is 0 Å². The summed E-state index contributed by atoms with van der Waals surface area (Å²) in [5.74, 6) is -0.171. The Morgan fingerprint density at radius 1 is 1.12 bits per heavy atom. The lowest BCUT2D eigenvalue weighted by Gasteiger charge is -2.17. The predicted octanol–water partition coefficient (Wildman–Crippen LogP) is 3.57. The van der Waals surface area contributed by atoms with Crippen LogP contribution >= 0.6 is 11.3 Å². The molecular weight excluding hydrogens is 332 g/mol. The highest BCUT2D eigenvalue weighted by Gasteiger charge is 2.15. The molecule has 25 heavy (non-hydrogen) atoms. The van der Waals surface area contributed by atoms with E-state index in [1.165, 1.54) is 16.9 Å². The third-order valence-corrected chi connectivity index (χ3v) is 5.19. The average Bonchev–Trinajstić information content (AvgIpc) is 3.07. The molecule has 6 heteroatoms. The zero-order chi connectivity index (χ0) is 17.1. The molecule has 1 amide bonds. The van der Waals surface area contributed by atoms with Crippen molar-refractivity contribution in [1.29, 1.82) is 0 Å². The molecule has 5 nitrogen and oxygen atoms in total. The topological polar surface area (TPSA) is 66.4 Å². The maximum Gasteiger partial charge on any atom is 0.259 e. The van der Waals surface area contributed by atoms with Crippen molar-refractivity contribution in [3.63, 3.8) is 0 Å². The highest BCUT2D eigenvalue weighted by atomic mass is 32.1. The molecule has 0 atom stereocenters. The molecule has 0 saturated carbocycles. The number of nitrogens with one attached hydrogen (secondary N) is 2. The van der Waals surface area contributed by atoms with Gasteiger partial charge in [-0.05, 0) is 37.0 Å². The van der Waals surface area contributed by atoms with Gasteiger partial charge in [0.25, 0.3) is 5.91 Å². The van der Waals surface area contributed by atoms with Gasteiger partial charge in [0.2, 0.25) is 0 Å². The minimum absolute atomic E-state index is 0.151. The number of hydrazone groups is 1. The zero-order valence-corrected chi connectivity index (χ0v) is 14.5. The smallest absolute Gasteiger partial charge is 0.259 e. The first kappa shape index (κ1) is 15.8. The van der Waals surface area contributed by atoms with Crippen LogP contribution in [-0.4, -0.2) is 23.1 Å². The molecule has 0 fully saturated rings. The van der Waals surface area contributed by atoms with Crippen LogP contribution in [0.15, 0.2) is 53.6 Å². The summed E-state index contributed by atoms with van der Waals surface area (Å²) in [5.41, 5.74) is 7.00. The van der Waals surface area contributed by atoms with E-state index in [0.717, 1.165) is 45.9 Å². The van der Waals surface area contributed by atoms with E-state index in [9.17, 15) is 4.79 Å². The van der Waals surface area contributed by atoms with Gasteiger partial charge in [0.15, 0.2) is 5.13 Å². The summed E-state index contributed by atoms with van der Waals surface area (Å²) >= 11 is 1.54. The van der Waals surface area contributed by atoms with E-state index in [4.69, 9.17) is 0 Å². The second-order valence-electron chi connectivity index (χ2n) is 5.94. The molecule has 0 saturated heterocycles. The first-order valence-electron chi connectivity index (χ1n) is 8.33. The fraction of sp³-hybridized carbons (Fsp3) is 0.211. The van der Waals surface area contributed by atoms with Gasteiger partial charge in [0.05, 0.1) is 22.5 Å². The summed E-state index contributed by atoms with van der Waals surface area (Å²) in [6.07, 6.45) is 3.03. The number of nitrogens with zero attached hydrogens (tertiary/aromatic N) is 2. The Bertz CT molecular complexity index is 914. The minimum Gasteiger partial charge on any atom is -0.352 e. The third kappa shape index (κ3) is 3.53. The molecule has 1 heterocycles. The molecule has 0 aliphatic heterocycles. The number of aryl methyl sites for hydroxylation is 1. The van der Waals surface area contributed by atoms with Gasteiger partial charge in [0.1, 0.15) is 0 Å². The summed E-state index contributed by atoms with van der Waals surface area (Å²) in [7, 11) is 0. The number of aromatic nitrogens is 1. The molecule has 2 aromatic carbocycles. The van der Waals surface area contributed by atoms with Gasteiger partial charge in [-0.15, -0.1) is 0 Å². The summed E-state index contributed by atoms with van der Waals surface area (Å²) < 4.78 is 1.10. The van der Waals surface area contributed by atoms with Crippen molar-refractivity contribution >= 4 is 38.3 Å². The van der Waals surface area contributed by atoms with Crippen molar-refractivity contribution in [2.75, 3.05) is 11.9 Å². The normalized spacial score (nSPS) is 15.1. The molecule has 2 N–H and O–H groups in total. The standard InChI is InChI=1S/C19H18N4OS/c24-18(12-20-19-21-16-9-3-4-11-17(16)25-19)23-22-15-10-5-7-13-6-1-2-8-14(13)15/h1-4,6,8-9,11H,5,7,10,12H2,(H,20,21)(H,23,24).